The van der Waals surface area contributed by atoms with Crippen LogP contribution in [0.5, 0.6) is 11.5 Å². The predicted octanol–water partition coefficient (Wildman–Crippen LogP) is 5.56. The van der Waals surface area contributed by atoms with Gasteiger partial charge in [-0.1, -0.05) is 24.0 Å². The first kappa shape index (κ1) is 22.9. The second-order valence-electron chi connectivity index (χ2n) is 6.62. The Morgan fingerprint density at radius 3 is 2.40 bits per heavy atom. The van der Waals surface area contributed by atoms with E-state index in [1.54, 1.807) is 4.90 Å². The summed E-state index contributed by atoms with van der Waals surface area (Å²) in [5.74, 6) is 1.28. The molecule has 158 valence electrons. The van der Waals surface area contributed by atoms with E-state index in [9.17, 15) is 4.79 Å². The lowest BCUT2D eigenvalue weighted by atomic mass is 10.1. The zero-order valence-corrected chi connectivity index (χ0v) is 21.1. The summed E-state index contributed by atoms with van der Waals surface area (Å²) < 4.78 is 12.9. The molecule has 3 rings (SSSR count). The molecule has 0 unspecified atom stereocenters. The van der Waals surface area contributed by atoms with Crippen LogP contribution in [0.2, 0.25) is 0 Å². The number of carbonyl (C=O) groups is 1. The number of ether oxygens (including phenoxy) is 2. The first-order valence-electron chi connectivity index (χ1n) is 9.50. The molecule has 0 N–H and O–H groups in total. The summed E-state index contributed by atoms with van der Waals surface area (Å²) in [7, 11) is 3.96. The quantitative estimate of drug-likeness (QED) is 0.254. The minimum Gasteiger partial charge on any atom is -0.490 e. The SMILES string of the molecule is CCOc1cc(/C=C2/SC(=S)N(c3ccc(N(C)C)cc3)C2=O)cc(I)c1OCC. The van der Waals surface area contributed by atoms with Crippen molar-refractivity contribution in [2.24, 2.45) is 0 Å². The van der Waals surface area contributed by atoms with E-state index in [-0.39, 0.29) is 5.91 Å². The van der Waals surface area contributed by atoms with E-state index in [0.717, 1.165) is 26.3 Å². The van der Waals surface area contributed by atoms with E-state index in [0.29, 0.717) is 28.2 Å². The van der Waals surface area contributed by atoms with Crippen molar-refractivity contribution < 1.29 is 14.3 Å². The smallest absolute Gasteiger partial charge is 0.270 e. The summed E-state index contributed by atoms with van der Waals surface area (Å²) in [6, 6.07) is 11.6. The first-order valence-corrected chi connectivity index (χ1v) is 11.8. The maximum absolute atomic E-state index is 13.1. The number of anilines is 2. The van der Waals surface area contributed by atoms with Gasteiger partial charge in [-0.05, 0) is 84.5 Å². The Kier molecular flexibility index (Phi) is 7.65. The van der Waals surface area contributed by atoms with Crippen molar-refractivity contribution in [1.82, 2.24) is 0 Å². The van der Waals surface area contributed by atoms with Crippen LogP contribution >= 0.6 is 46.6 Å². The number of carbonyl (C=O) groups excluding carboxylic acids is 1. The van der Waals surface area contributed by atoms with Gasteiger partial charge in [-0.25, -0.2) is 0 Å². The van der Waals surface area contributed by atoms with Gasteiger partial charge in [0.15, 0.2) is 15.8 Å². The molecule has 5 nitrogen and oxygen atoms in total. The van der Waals surface area contributed by atoms with Gasteiger partial charge >= 0.3 is 0 Å². The summed E-state index contributed by atoms with van der Waals surface area (Å²) in [6.45, 7) is 4.96. The topological polar surface area (TPSA) is 42.0 Å². The molecule has 1 amide bonds. The fourth-order valence-corrected chi connectivity index (χ4v) is 5.04. The van der Waals surface area contributed by atoms with Crippen LogP contribution in [-0.4, -0.2) is 37.5 Å². The van der Waals surface area contributed by atoms with E-state index in [1.165, 1.54) is 11.8 Å². The Bertz CT molecular complexity index is 991. The largest absolute Gasteiger partial charge is 0.490 e. The van der Waals surface area contributed by atoms with Gasteiger partial charge in [0.05, 0.1) is 27.4 Å². The molecule has 0 bridgehead atoms. The molecule has 1 aliphatic rings. The van der Waals surface area contributed by atoms with E-state index in [1.807, 2.05) is 75.3 Å². The Labute approximate surface area is 200 Å². The van der Waals surface area contributed by atoms with Crippen LogP contribution < -0.4 is 19.3 Å². The maximum atomic E-state index is 13.1. The molecule has 2 aromatic carbocycles. The van der Waals surface area contributed by atoms with E-state index < -0.39 is 0 Å². The van der Waals surface area contributed by atoms with Crippen molar-refractivity contribution in [3.63, 3.8) is 0 Å². The van der Waals surface area contributed by atoms with Gasteiger partial charge in [0, 0.05) is 19.8 Å². The standard InChI is InChI=1S/C22H23IN2O3S2/c1-5-27-18-12-14(11-17(23)20(18)28-6-2)13-19-21(26)25(22(29)30-19)16-9-7-15(8-10-16)24(3)4/h7-13H,5-6H2,1-4H3/b19-13+. The van der Waals surface area contributed by atoms with Crippen LogP contribution in [0.1, 0.15) is 19.4 Å². The zero-order chi connectivity index (χ0) is 21.8. The summed E-state index contributed by atoms with van der Waals surface area (Å²) in [6.07, 6.45) is 1.86. The Morgan fingerprint density at radius 2 is 1.80 bits per heavy atom. The molecule has 0 spiro atoms. The van der Waals surface area contributed by atoms with Crippen molar-refractivity contribution in [2.45, 2.75) is 13.8 Å². The molecule has 1 fully saturated rings. The van der Waals surface area contributed by atoms with E-state index in [4.69, 9.17) is 21.7 Å². The third-order valence-corrected chi connectivity index (χ3v) is 6.44. The Balaban J connectivity index is 1.91. The normalized spacial score (nSPS) is 15.1. The molecule has 1 heterocycles. The molecule has 30 heavy (non-hydrogen) atoms. The van der Waals surface area contributed by atoms with Gasteiger partial charge in [-0.2, -0.15) is 0 Å². The van der Waals surface area contributed by atoms with Crippen molar-refractivity contribution in [3.05, 3.63) is 50.4 Å². The number of thioether (sulfide) groups is 1. The Morgan fingerprint density at radius 1 is 1.13 bits per heavy atom. The molecular formula is C22H23IN2O3S2. The number of hydrogen-bond donors (Lipinski definition) is 0. The van der Waals surface area contributed by atoms with Crippen molar-refractivity contribution >= 4 is 74.2 Å². The van der Waals surface area contributed by atoms with Crippen LogP contribution in [0.25, 0.3) is 6.08 Å². The summed E-state index contributed by atoms with van der Waals surface area (Å²) in [5, 5.41) is 0. The number of nitrogens with zero attached hydrogens (tertiary/aromatic N) is 2. The third kappa shape index (κ3) is 4.92. The van der Waals surface area contributed by atoms with Crippen LogP contribution in [0, 0.1) is 3.57 Å². The average molecular weight is 554 g/mol. The molecule has 2 aromatic rings. The number of hydrogen-bond acceptors (Lipinski definition) is 6. The van der Waals surface area contributed by atoms with Crippen molar-refractivity contribution in [3.8, 4) is 11.5 Å². The van der Waals surface area contributed by atoms with Gasteiger partial charge in [0.25, 0.3) is 5.91 Å². The van der Waals surface area contributed by atoms with Crippen LogP contribution in [-0.2, 0) is 4.79 Å². The number of amides is 1. The maximum Gasteiger partial charge on any atom is 0.270 e. The second-order valence-corrected chi connectivity index (χ2v) is 9.46. The van der Waals surface area contributed by atoms with Gasteiger partial charge in [-0.15, -0.1) is 0 Å². The number of thiocarbonyl (C=S) groups is 1. The number of halogens is 1. The zero-order valence-electron chi connectivity index (χ0n) is 17.3. The first-order chi connectivity index (χ1) is 14.3. The van der Waals surface area contributed by atoms with Gasteiger partial charge in [-0.3, -0.25) is 9.69 Å². The Hall–Kier alpha value is -1.78. The number of benzene rings is 2. The molecule has 0 radical (unpaired) electrons. The van der Waals surface area contributed by atoms with Gasteiger partial charge in [0.2, 0.25) is 0 Å². The molecule has 0 aromatic heterocycles. The predicted molar refractivity (Wildman–Crippen MR) is 138 cm³/mol. The summed E-state index contributed by atoms with van der Waals surface area (Å²) in [5.41, 5.74) is 2.70. The van der Waals surface area contributed by atoms with Crippen molar-refractivity contribution in [1.29, 1.82) is 0 Å². The fraction of sp³-hybridized carbons (Fsp3) is 0.273. The van der Waals surface area contributed by atoms with Crippen LogP contribution in [0.15, 0.2) is 41.3 Å². The molecule has 1 aliphatic heterocycles. The van der Waals surface area contributed by atoms with Gasteiger partial charge in [0.1, 0.15) is 0 Å². The summed E-state index contributed by atoms with van der Waals surface area (Å²) in [4.78, 5) is 17.3. The molecular weight excluding hydrogens is 531 g/mol. The highest BCUT2D eigenvalue weighted by Crippen LogP contribution is 2.39. The molecule has 8 heteroatoms. The van der Waals surface area contributed by atoms with Crippen LogP contribution in [0.4, 0.5) is 11.4 Å². The minimum atomic E-state index is -0.121. The lowest BCUT2D eigenvalue weighted by molar-refractivity contribution is -0.113. The van der Waals surface area contributed by atoms with Gasteiger partial charge < -0.3 is 14.4 Å². The highest BCUT2D eigenvalue weighted by molar-refractivity contribution is 14.1. The lowest BCUT2D eigenvalue weighted by Gasteiger charge is -2.17. The second kappa shape index (κ2) is 10.0. The van der Waals surface area contributed by atoms with Crippen molar-refractivity contribution in [2.75, 3.05) is 37.1 Å². The minimum absolute atomic E-state index is 0.121. The highest BCUT2D eigenvalue weighted by atomic mass is 127. The number of rotatable bonds is 7. The molecule has 0 aliphatic carbocycles. The average Bonchev–Trinajstić information content (AvgIpc) is 2.98. The monoisotopic (exact) mass is 554 g/mol. The lowest BCUT2D eigenvalue weighted by Crippen LogP contribution is -2.27. The highest BCUT2D eigenvalue weighted by Gasteiger charge is 2.33. The molecule has 0 saturated carbocycles. The third-order valence-electron chi connectivity index (χ3n) is 4.34. The molecule has 0 atom stereocenters. The van der Waals surface area contributed by atoms with Crippen LogP contribution in [0.3, 0.4) is 0 Å². The summed E-state index contributed by atoms with van der Waals surface area (Å²) >= 11 is 9.03. The van der Waals surface area contributed by atoms with E-state index in [2.05, 4.69) is 22.6 Å². The van der Waals surface area contributed by atoms with E-state index >= 15 is 0 Å². The molecule has 1 saturated heterocycles. The fourth-order valence-electron chi connectivity index (χ4n) is 2.96.